The van der Waals surface area contributed by atoms with Crippen LogP contribution in [-0.4, -0.2) is 24.9 Å². The van der Waals surface area contributed by atoms with Crippen molar-refractivity contribution in [3.8, 4) is 11.8 Å². The summed E-state index contributed by atoms with van der Waals surface area (Å²) >= 11 is 0. The lowest BCUT2D eigenvalue weighted by Gasteiger charge is -2.09. The molecule has 1 aromatic carbocycles. The first-order valence-electron chi connectivity index (χ1n) is 5.66. The van der Waals surface area contributed by atoms with Crippen molar-refractivity contribution in [1.82, 2.24) is 5.32 Å². The minimum Gasteiger partial charge on any atom is -0.479 e. The van der Waals surface area contributed by atoms with Crippen LogP contribution in [0.25, 0.3) is 0 Å². The number of benzene rings is 1. The molecule has 4 heteroatoms. The van der Waals surface area contributed by atoms with Gasteiger partial charge in [0.1, 0.15) is 11.8 Å². The largest absolute Gasteiger partial charge is 0.479 e. The summed E-state index contributed by atoms with van der Waals surface area (Å²) in [7, 11) is 0. The van der Waals surface area contributed by atoms with Gasteiger partial charge in [0.15, 0.2) is 6.61 Å². The van der Waals surface area contributed by atoms with E-state index in [9.17, 15) is 0 Å². The zero-order valence-corrected chi connectivity index (χ0v) is 10.0. The number of nitriles is 1. The van der Waals surface area contributed by atoms with E-state index in [1.54, 1.807) is 0 Å². The van der Waals surface area contributed by atoms with E-state index in [0.29, 0.717) is 5.75 Å². The Morgan fingerprint density at radius 2 is 2.12 bits per heavy atom. The summed E-state index contributed by atoms with van der Waals surface area (Å²) in [6.45, 7) is 3.83. The Balaban J connectivity index is 2.33. The summed E-state index contributed by atoms with van der Waals surface area (Å²) < 4.78 is 5.16. The van der Waals surface area contributed by atoms with E-state index >= 15 is 0 Å². The first kappa shape index (κ1) is 13.5. The Kier molecular flexibility index (Phi) is 6.08. The van der Waals surface area contributed by atoms with E-state index in [0.717, 1.165) is 18.7 Å². The highest BCUT2D eigenvalue weighted by molar-refractivity contribution is 5.27. The number of hydrogen-bond acceptors (Lipinski definition) is 4. The topological polar surface area (TPSA) is 65.3 Å². The fraction of sp³-hybridized carbons (Fsp3) is 0.462. The van der Waals surface area contributed by atoms with E-state index in [4.69, 9.17) is 15.1 Å². The molecule has 17 heavy (non-hydrogen) atoms. The molecule has 0 fully saturated rings. The van der Waals surface area contributed by atoms with Crippen LogP contribution in [0.15, 0.2) is 24.3 Å². The molecule has 0 saturated heterocycles. The SMILES string of the molecule is CC(CO)CNCc1ccc(OCC#N)cc1. The lowest BCUT2D eigenvalue weighted by atomic mass is 10.2. The number of rotatable bonds is 7. The molecular weight excluding hydrogens is 216 g/mol. The van der Waals surface area contributed by atoms with Gasteiger partial charge in [-0.05, 0) is 23.6 Å². The average Bonchev–Trinajstić information content (AvgIpc) is 2.37. The first-order valence-corrected chi connectivity index (χ1v) is 5.66. The highest BCUT2D eigenvalue weighted by atomic mass is 16.5. The maximum atomic E-state index is 8.87. The molecule has 2 N–H and O–H groups in total. The molecule has 0 aliphatic heterocycles. The highest BCUT2D eigenvalue weighted by Gasteiger charge is 1.99. The molecule has 0 heterocycles. The fourth-order valence-corrected chi connectivity index (χ4v) is 1.35. The van der Waals surface area contributed by atoms with Crippen molar-refractivity contribution < 1.29 is 9.84 Å². The van der Waals surface area contributed by atoms with Crippen molar-refractivity contribution in [2.24, 2.45) is 5.92 Å². The lowest BCUT2D eigenvalue weighted by Crippen LogP contribution is -2.22. The number of nitrogens with zero attached hydrogens (tertiary/aromatic N) is 1. The van der Waals surface area contributed by atoms with E-state index < -0.39 is 0 Å². The van der Waals surface area contributed by atoms with Gasteiger partial charge < -0.3 is 15.2 Å². The fourth-order valence-electron chi connectivity index (χ4n) is 1.35. The minimum atomic E-state index is 0.0750. The Bertz CT molecular complexity index is 357. The van der Waals surface area contributed by atoms with Crippen LogP contribution in [-0.2, 0) is 6.54 Å². The second-order valence-electron chi connectivity index (χ2n) is 4.01. The second kappa shape index (κ2) is 7.66. The maximum absolute atomic E-state index is 8.87. The molecular formula is C13H18N2O2. The molecule has 0 bridgehead atoms. The molecule has 0 aliphatic carbocycles. The molecule has 1 aromatic rings. The number of hydrogen-bond donors (Lipinski definition) is 2. The van der Waals surface area contributed by atoms with Crippen LogP contribution >= 0.6 is 0 Å². The summed E-state index contributed by atoms with van der Waals surface area (Å²) in [6.07, 6.45) is 0. The average molecular weight is 234 g/mol. The third-order valence-corrected chi connectivity index (χ3v) is 2.36. The van der Waals surface area contributed by atoms with Crippen LogP contribution in [0.3, 0.4) is 0 Å². The molecule has 1 atom stereocenters. The van der Waals surface area contributed by atoms with Crippen LogP contribution in [0.5, 0.6) is 5.75 Å². The molecule has 92 valence electrons. The van der Waals surface area contributed by atoms with Gasteiger partial charge in [0, 0.05) is 19.7 Å². The monoisotopic (exact) mass is 234 g/mol. The molecule has 4 nitrogen and oxygen atoms in total. The van der Waals surface area contributed by atoms with Crippen molar-refractivity contribution in [1.29, 1.82) is 5.26 Å². The van der Waals surface area contributed by atoms with Crippen LogP contribution in [0, 0.1) is 17.2 Å². The van der Waals surface area contributed by atoms with Crippen molar-refractivity contribution in [3.05, 3.63) is 29.8 Å². The third-order valence-electron chi connectivity index (χ3n) is 2.36. The molecule has 0 aliphatic rings. The molecule has 0 saturated carbocycles. The summed E-state index contributed by atoms with van der Waals surface area (Å²) in [5, 5.41) is 20.5. The number of aliphatic hydroxyl groups is 1. The summed E-state index contributed by atoms with van der Waals surface area (Å²) in [5.74, 6) is 0.979. The standard InChI is InChI=1S/C13H18N2O2/c1-11(10-16)8-15-9-12-2-4-13(5-3-12)17-7-6-14/h2-5,11,15-16H,7-10H2,1H3. The summed E-state index contributed by atoms with van der Waals surface area (Å²) in [5.41, 5.74) is 1.15. The van der Waals surface area contributed by atoms with Gasteiger partial charge in [-0.3, -0.25) is 0 Å². The van der Waals surface area contributed by atoms with Crippen molar-refractivity contribution >= 4 is 0 Å². The van der Waals surface area contributed by atoms with Crippen LogP contribution < -0.4 is 10.1 Å². The molecule has 0 radical (unpaired) electrons. The Morgan fingerprint density at radius 1 is 1.41 bits per heavy atom. The van der Waals surface area contributed by atoms with E-state index in [1.807, 2.05) is 37.3 Å². The van der Waals surface area contributed by atoms with Gasteiger partial charge in [-0.1, -0.05) is 19.1 Å². The quantitative estimate of drug-likeness (QED) is 0.746. The van der Waals surface area contributed by atoms with Gasteiger partial charge in [-0.15, -0.1) is 0 Å². The molecule has 0 spiro atoms. The van der Waals surface area contributed by atoms with Crippen LogP contribution in [0.1, 0.15) is 12.5 Å². The normalized spacial score (nSPS) is 11.8. The predicted molar refractivity (Wildman–Crippen MR) is 65.5 cm³/mol. The van der Waals surface area contributed by atoms with E-state index in [2.05, 4.69) is 5.32 Å². The third kappa shape index (κ3) is 5.34. The highest BCUT2D eigenvalue weighted by Crippen LogP contribution is 2.11. The van der Waals surface area contributed by atoms with E-state index in [1.165, 1.54) is 0 Å². The number of nitrogens with one attached hydrogen (secondary N) is 1. The smallest absolute Gasteiger partial charge is 0.174 e. The van der Waals surface area contributed by atoms with Crippen LogP contribution in [0.2, 0.25) is 0 Å². The lowest BCUT2D eigenvalue weighted by molar-refractivity contribution is 0.233. The zero-order chi connectivity index (χ0) is 12.5. The predicted octanol–water partition coefficient (Wildman–Crippen LogP) is 1.31. The first-order chi connectivity index (χ1) is 8.26. The van der Waals surface area contributed by atoms with Gasteiger partial charge >= 0.3 is 0 Å². The van der Waals surface area contributed by atoms with Crippen molar-refractivity contribution in [2.75, 3.05) is 19.8 Å². The second-order valence-corrected chi connectivity index (χ2v) is 4.01. The Morgan fingerprint density at radius 3 is 2.71 bits per heavy atom. The molecule has 1 unspecified atom stereocenters. The number of aliphatic hydroxyl groups excluding tert-OH is 1. The van der Waals surface area contributed by atoms with Crippen molar-refractivity contribution in [3.63, 3.8) is 0 Å². The Labute approximate surface area is 102 Å². The number of ether oxygens (including phenoxy) is 1. The van der Waals surface area contributed by atoms with Gasteiger partial charge in [0.05, 0.1) is 0 Å². The van der Waals surface area contributed by atoms with Crippen LogP contribution in [0.4, 0.5) is 0 Å². The van der Waals surface area contributed by atoms with Crippen molar-refractivity contribution in [2.45, 2.75) is 13.5 Å². The summed E-state index contributed by atoms with van der Waals surface area (Å²) in [6, 6.07) is 9.55. The molecule has 0 aromatic heterocycles. The summed E-state index contributed by atoms with van der Waals surface area (Å²) in [4.78, 5) is 0. The van der Waals surface area contributed by atoms with Gasteiger partial charge in [-0.2, -0.15) is 5.26 Å². The van der Waals surface area contributed by atoms with Gasteiger partial charge in [0.2, 0.25) is 0 Å². The Hall–Kier alpha value is -1.57. The maximum Gasteiger partial charge on any atom is 0.174 e. The van der Waals surface area contributed by atoms with Gasteiger partial charge in [0.25, 0.3) is 0 Å². The molecule has 0 amide bonds. The zero-order valence-electron chi connectivity index (χ0n) is 10.0. The van der Waals surface area contributed by atoms with Gasteiger partial charge in [-0.25, -0.2) is 0 Å². The molecule has 1 rings (SSSR count). The minimum absolute atomic E-state index is 0.0750. The van der Waals surface area contributed by atoms with E-state index in [-0.39, 0.29) is 19.1 Å².